The quantitative estimate of drug-likeness (QED) is 0.289. The maximum absolute atomic E-state index is 13.1. The number of esters is 1. The van der Waals surface area contributed by atoms with E-state index in [1.54, 1.807) is 35.8 Å². The molecule has 1 fully saturated rings. The number of nitrogen functional groups attached to an aromatic ring is 1. The molecule has 186 valence electrons. The standard InChI is InChI=1S/C26H31N5O3.ClH/c1-17-3-14-23(15-4-17)34-24(32)16-7-19-5-10-21(11-6-19)30-18(2)29-31(26(30)33)22-12-8-20(9-13-22)25(27)28;/h5-6,8-13,17,23H,3-4,7,14-16H2,1-2H3,(H3,27,28);1H. The van der Waals surface area contributed by atoms with Gasteiger partial charge in [-0.25, -0.2) is 9.36 Å². The second kappa shape index (κ2) is 11.4. The molecule has 4 rings (SSSR count). The van der Waals surface area contributed by atoms with E-state index in [-0.39, 0.29) is 36.0 Å². The van der Waals surface area contributed by atoms with E-state index in [0.29, 0.717) is 35.6 Å². The Kier molecular flexibility index (Phi) is 8.51. The van der Waals surface area contributed by atoms with Crippen LogP contribution in [0.1, 0.15) is 56.0 Å². The molecule has 1 aliphatic carbocycles. The van der Waals surface area contributed by atoms with Crippen LogP contribution in [-0.4, -0.2) is 32.3 Å². The molecule has 0 atom stereocenters. The van der Waals surface area contributed by atoms with Crippen molar-refractivity contribution in [3.63, 3.8) is 0 Å². The lowest BCUT2D eigenvalue weighted by molar-refractivity contribution is -0.150. The minimum atomic E-state index is -0.286. The van der Waals surface area contributed by atoms with E-state index in [4.69, 9.17) is 15.9 Å². The molecule has 3 aromatic rings. The highest BCUT2D eigenvalue weighted by Gasteiger charge is 2.21. The predicted octanol–water partition coefficient (Wildman–Crippen LogP) is 4.09. The highest BCUT2D eigenvalue weighted by molar-refractivity contribution is 5.95. The van der Waals surface area contributed by atoms with Gasteiger partial charge < -0.3 is 10.5 Å². The molecule has 2 aromatic carbocycles. The lowest BCUT2D eigenvalue weighted by atomic mass is 9.89. The molecule has 1 saturated carbocycles. The van der Waals surface area contributed by atoms with Crippen LogP contribution in [0, 0.1) is 18.3 Å². The van der Waals surface area contributed by atoms with Gasteiger partial charge in [0, 0.05) is 12.0 Å². The van der Waals surface area contributed by atoms with Gasteiger partial charge in [-0.1, -0.05) is 19.1 Å². The Hall–Kier alpha value is -3.39. The maximum atomic E-state index is 13.1. The molecule has 0 spiro atoms. The number of ether oxygens (including phenoxy) is 1. The van der Waals surface area contributed by atoms with Gasteiger partial charge in [0.1, 0.15) is 17.8 Å². The van der Waals surface area contributed by atoms with Crippen LogP contribution in [0.2, 0.25) is 0 Å². The number of nitrogens with one attached hydrogen (secondary N) is 1. The summed E-state index contributed by atoms with van der Waals surface area (Å²) in [5.41, 5.74) is 8.11. The average Bonchev–Trinajstić information content (AvgIpc) is 3.13. The van der Waals surface area contributed by atoms with Gasteiger partial charge in [-0.05, 0) is 86.9 Å². The lowest BCUT2D eigenvalue weighted by Gasteiger charge is -2.26. The number of aryl methyl sites for hydroxylation is 2. The van der Waals surface area contributed by atoms with Gasteiger partial charge in [0.15, 0.2) is 0 Å². The molecule has 0 radical (unpaired) electrons. The monoisotopic (exact) mass is 497 g/mol. The first-order chi connectivity index (χ1) is 16.3. The van der Waals surface area contributed by atoms with E-state index in [2.05, 4.69) is 12.0 Å². The highest BCUT2D eigenvalue weighted by atomic mass is 35.5. The third kappa shape index (κ3) is 6.19. The molecule has 0 saturated heterocycles. The van der Waals surface area contributed by atoms with E-state index in [9.17, 15) is 9.59 Å². The second-order valence-corrected chi connectivity index (χ2v) is 9.08. The van der Waals surface area contributed by atoms with Crippen LogP contribution >= 0.6 is 12.4 Å². The molecular formula is C26H32ClN5O3. The van der Waals surface area contributed by atoms with E-state index < -0.39 is 0 Å². The van der Waals surface area contributed by atoms with E-state index in [1.165, 1.54) is 4.68 Å². The number of carbonyl (C=O) groups is 1. The molecule has 1 heterocycles. The zero-order valence-corrected chi connectivity index (χ0v) is 20.9. The minimum absolute atomic E-state index is 0. The van der Waals surface area contributed by atoms with Gasteiger partial charge in [-0.3, -0.25) is 10.2 Å². The number of nitrogens with two attached hydrogens (primary N) is 1. The molecular weight excluding hydrogens is 466 g/mol. The Morgan fingerprint density at radius 1 is 1.06 bits per heavy atom. The third-order valence-electron chi connectivity index (χ3n) is 6.44. The summed E-state index contributed by atoms with van der Waals surface area (Å²) in [4.78, 5) is 25.3. The summed E-state index contributed by atoms with van der Waals surface area (Å²) in [6.45, 7) is 4.02. The lowest BCUT2D eigenvalue weighted by Crippen LogP contribution is -2.23. The van der Waals surface area contributed by atoms with Crippen LogP contribution in [0.25, 0.3) is 11.4 Å². The average molecular weight is 498 g/mol. The molecule has 1 aromatic heterocycles. The summed E-state index contributed by atoms with van der Waals surface area (Å²) < 4.78 is 8.51. The molecule has 0 bridgehead atoms. The molecule has 3 N–H and O–H groups in total. The number of halogens is 1. The van der Waals surface area contributed by atoms with Crippen molar-refractivity contribution in [2.24, 2.45) is 11.7 Å². The van der Waals surface area contributed by atoms with E-state index in [0.717, 1.165) is 37.2 Å². The number of aromatic nitrogens is 3. The molecule has 0 amide bonds. The Labute approximate surface area is 211 Å². The topological polar surface area (TPSA) is 116 Å². The summed E-state index contributed by atoms with van der Waals surface area (Å²) in [6, 6.07) is 14.4. The van der Waals surface area contributed by atoms with Gasteiger partial charge >= 0.3 is 11.7 Å². The Balaban J connectivity index is 0.00000342. The first-order valence-corrected chi connectivity index (χ1v) is 11.7. The summed E-state index contributed by atoms with van der Waals surface area (Å²) in [6.07, 6.45) is 5.18. The summed E-state index contributed by atoms with van der Waals surface area (Å²) in [5, 5.41) is 11.9. The number of rotatable bonds is 7. The van der Waals surface area contributed by atoms with Crippen LogP contribution in [0.5, 0.6) is 0 Å². The largest absolute Gasteiger partial charge is 0.462 e. The molecule has 9 heteroatoms. The van der Waals surface area contributed by atoms with E-state index in [1.807, 2.05) is 24.3 Å². The van der Waals surface area contributed by atoms with Gasteiger partial charge in [0.25, 0.3) is 0 Å². The van der Waals surface area contributed by atoms with Crippen LogP contribution in [0.3, 0.4) is 0 Å². The molecule has 8 nitrogen and oxygen atoms in total. The van der Waals surface area contributed by atoms with Crippen LogP contribution in [0.4, 0.5) is 0 Å². The third-order valence-corrected chi connectivity index (χ3v) is 6.44. The number of benzene rings is 2. The highest BCUT2D eigenvalue weighted by Crippen LogP contribution is 2.26. The first kappa shape index (κ1) is 26.2. The van der Waals surface area contributed by atoms with Crippen molar-refractivity contribution < 1.29 is 9.53 Å². The Bertz CT molecular complexity index is 1220. The second-order valence-electron chi connectivity index (χ2n) is 9.08. The zero-order valence-electron chi connectivity index (χ0n) is 20.1. The zero-order chi connectivity index (χ0) is 24.2. The van der Waals surface area contributed by atoms with E-state index >= 15 is 0 Å². The normalized spacial score (nSPS) is 17.4. The summed E-state index contributed by atoms with van der Waals surface area (Å²) >= 11 is 0. The fourth-order valence-corrected chi connectivity index (χ4v) is 4.36. The van der Waals surface area contributed by atoms with Crippen molar-refractivity contribution in [3.05, 3.63) is 76.0 Å². The predicted molar refractivity (Wildman–Crippen MR) is 138 cm³/mol. The van der Waals surface area contributed by atoms with Crippen molar-refractivity contribution in [1.82, 2.24) is 14.3 Å². The van der Waals surface area contributed by atoms with Crippen molar-refractivity contribution >= 4 is 24.2 Å². The van der Waals surface area contributed by atoms with Crippen LogP contribution in [-0.2, 0) is 16.0 Å². The van der Waals surface area contributed by atoms with Crippen molar-refractivity contribution in [2.45, 2.75) is 58.5 Å². The van der Waals surface area contributed by atoms with Crippen molar-refractivity contribution in [2.75, 3.05) is 0 Å². The molecule has 0 aliphatic heterocycles. The van der Waals surface area contributed by atoms with Gasteiger partial charge in [0.05, 0.1) is 11.4 Å². The molecule has 0 unspecified atom stereocenters. The van der Waals surface area contributed by atoms with Gasteiger partial charge in [0.2, 0.25) is 0 Å². The number of hydrogen-bond acceptors (Lipinski definition) is 5. The summed E-state index contributed by atoms with van der Waals surface area (Å²) in [5.74, 6) is 1.10. The first-order valence-electron chi connectivity index (χ1n) is 11.7. The molecule has 35 heavy (non-hydrogen) atoms. The van der Waals surface area contributed by atoms with Crippen molar-refractivity contribution in [1.29, 1.82) is 5.41 Å². The fraction of sp³-hybridized carbons (Fsp3) is 0.385. The number of nitrogens with zero attached hydrogens (tertiary/aromatic N) is 3. The van der Waals surface area contributed by atoms with Crippen LogP contribution < -0.4 is 11.4 Å². The Morgan fingerprint density at radius 3 is 2.26 bits per heavy atom. The number of hydrogen-bond donors (Lipinski definition) is 2. The maximum Gasteiger partial charge on any atom is 0.355 e. The Morgan fingerprint density at radius 2 is 1.66 bits per heavy atom. The number of carbonyl (C=O) groups excluding carboxylic acids is 1. The van der Waals surface area contributed by atoms with Gasteiger partial charge in [-0.15, -0.1) is 17.5 Å². The number of amidine groups is 1. The van der Waals surface area contributed by atoms with Crippen LogP contribution in [0.15, 0.2) is 53.3 Å². The van der Waals surface area contributed by atoms with Crippen molar-refractivity contribution in [3.8, 4) is 11.4 Å². The fourth-order valence-electron chi connectivity index (χ4n) is 4.36. The summed E-state index contributed by atoms with van der Waals surface area (Å²) in [7, 11) is 0. The minimum Gasteiger partial charge on any atom is -0.462 e. The molecule has 1 aliphatic rings. The smallest absolute Gasteiger partial charge is 0.355 e. The SMILES string of the molecule is Cc1nn(-c2ccc(C(=N)N)cc2)c(=O)n1-c1ccc(CCC(=O)OC2CCC(C)CC2)cc1.Cl. The van der Waals surface area contributed by atoms with Gasteiger partial charge in [-0.2, -0.15) is 4.68 Å².